The summed E-state index contributed by atoms with van der Waals surface area (Å²) in [5.74, 6) is 0.870. The molecule has 1 aliphatic heterocycles. The van der Waals surface area contributed by atoms with Gasteiger partial charge in [-0.1, -0.05) is 24.3 Å². The van der Waals surface area contributed by atoms with Crippen LogP contribution in [0.25, 0.3) is 0 Å². The number of nitriles is 2. The topological polar surface area (TPSA) is 63.2 Å². The molecule has 0 bridgehead atoms. The van der Waals surface area contributed by atoms with Crippen molar-refractivity contribution in [3.63, 3.8) is 0 Å². The lowest BCUT2D eigenvalue weighted by atomic mass is 10.1. The Morgan fingerprint density at radius 1 is 0.769 bits per heavy atom. The van der Waals surface area contributed by atoms with Gasteiger partial charge in [-0.2, -0.15) is 10.5 Å². The van der Waals surface area contributed by atoms with Crippen molar-refractivity contribution in [3.8, 4) is 12.1 Å². The van der Waals surface area contributed by atoms with Gasteiger partial charge in [0.15, 0.2) is 0 Å². The number of fused-ring (bicyclic) bond motifs is 1. The molecule has 0 N–H and O–H groups in total. The third-order valence-corrected chi connectivity index (χ3v) is 4.38. The molecule has 0 amide bonds. The van der Waals surface area contributed by atoms with E-state index in [0.29, 0.717) is 11.1 Å². The molecule has 3 aromatic rings. The van der Waals surface area contributed by atoms with E-state index < -0.39 is 0 Å². The molecule has 0 radical (unpaired) electrons. The van der Waals surface area contributed by atoms with E-state index in [1.165, 1.54) is 5.56 Å². The maximum atomic E-state index is 9.02. The summed E-state index contributed by atoms with van der Waals surface area (Å²) in [5.41, 5.74) is 5.35. The van der Waals surface area contributed by atoms with E-state index >= 15 is 0 Å². The van der Waals surface area contributed by atoms with Crippen LogP contribution in [0.2, 0.25) is 0 Å². The summed E-state index contributed by atoms with van der Waals surface area (Å²) in [6, 6.07) is 27.2. The van der Waals surface area contributed by atoms with Crippen molar-refractivity contribution in [1.29, 1.82) is 10.5 Å². The molecular weight excluding hydrogens is 320 g/mol. The van der Waals surface area contributed by atoms with Crippen LogP contribution in [0.1, 0.15) is 22.3 Å². The van der Waals surface area contributed by atoms with Crippen LogP contribution in [-0.2, 0) is 6.54 Å². The first kappa shape index (κ1) is 15.6. The fourth-order valence-electron chi connectivity index (χ4n) is 3.05. The Hall–Kier alpha value is -3.89. The number of amidine groups is 1. The lowest BCUT2D eigenvalue weighted by Crippen LogP contribution is -2.23. The normalized spacial score (nSPS) is 13.9. The maximum absolute atomic E-state index is 9.02. The van der Waals surface area contributed by atoms with Crippen molar-refractivity contribution in [2.45, 2.75) is 6.54 Å². The van der Waals surface area contributed by atoms with Gasteiger partial charge in [-0.25, -0.2) is 4.99 Å². The number of hydrogen-bond donors (Lipinski definition) is 0. The minimum atomic E-state index is 0.615. The molecule has 0 saturated carbocycles. The van der Waals surface area contributed by atoms with Crippen LogP contribution in [-0.4, -0.2) is 5.84 Å². The van der Waals surface area contributed by atoms with E-state index in [4.69, 9.17) is 15.5 Å². The number of anilines is 1. The zero-order valence-corrected chi connectivity index (χ0v) is 13.9. The Kier molecular flexibility index (Phi) is 3.94. The molecule has 0 unspecified atom stereocenters. The van der Waals surface area contributed by atoms with Crippen molar-refractivity contribution in [1.82, 2.24) is 0 Å². The molecule has 0 aliphatic carbocycles. The lowest BCUT2D eigenvalue weighted by molar-refractivity contribution is 1.05. The molecule has 0 spiro atoms. The summed E-state index contributed by atoms with van der Waals surface area (Å²) in [7, 11) is 0. The zero-order valence-electron chi connectivity index (χ0n) is 13.9. The number of rotatable bonds is 2. The van der Waals surface area contributed by atoms with E-state index in [1.807, 2.05) is 48.5 Å². The second-order valence-corrected chi connectivity index (χ2v) is 6.00. The highest BCUT2D eigenvalue weighted by Crippen LogP contribution is 2.30. The maximum Gasteiger partial charge on any atom is 0.141 e. The molecule has 1 aliphatic rings. The lowest BCUT2D eigenvalue weighted by Gasteiger charge is -2.19. The average Bonchev–Trinajstić information content (AvgIpc) is 3.07. The van der Waals surface area contributed by atoms with Gasteiger partial charge in [-0.05, 0) is 54.1 Å². The number of aliphatic imine (C=N–C) groups is 1. The molecule has 3 aromatic carbocycles. The van der Waals surface area contributed by atoms with Gasteiger partial charge in [-0.3, -0.25) is 0 Å². The molecule has 0 atom stereocenters. The van der Waals surface area contributed by atoms with Gasteiger partial charge >= 0.3 is 0 Å². The molecule has 4 rings (SSSR count). The molecule has 0 aromatic heterocycles. The summed E-state index contributed by atoms with van der Waals surface area (Å²) in [6.07, 6.45) is 0. The van der Waals surface area contributed by atoms with Crippen LogP contribution >= 0.6 is 0 Å². The van der Waals surface area contributed by atoms with Gasteiger partial charge in [-0.15, -0.1) is 0 Å². The van der Waals surface area contributed by atoms with Crippen LogP contribution < -0.4 is 4.90 Å². The number of hydrogen-bond acceptors (Lipinski definition) is 3. The van der Waals surface area contributed by atoms with Crippen LogP contribution in [0.4, 0.5) is 11.4 Å². The van der Waals surface area contributed by atoms with Crippen molar-refractivity contribution in [3.05, 3.63) is 95.1 Å². The molecule has 122 valence electrons. The quantitative estimate of drug-likeness (QED) is 0.692. The molecule has 4 nitrogen and oxygen atoms in total. The van der Waals surface area contributed by atoms with E-state index in [-0.39, 0.29) is 0 Å². The third-order valence-electron chi connectivity index (χ3n) is 4.38. The summed E-state index contributed by atoms with van der Waals surface area (Å²) in [4.78, 5) is 6.99. The SMILES string of the molecule is N#Cc1ccc(N=C2c3ccccc3CN2c2ccc(C#N)cc2)cc1. The van der Waals surface area contributed by atoms with E-state index in [9.17, 15) is 0 Å². The Bertz CT molecular complexity index is 1060. The fourth-order valence-corrected chi connectivity index (χ4v) is 3.05. The smallest absolute Gasteiger partial charge is 0.141 e. The molecular formula is C22H14N4. The first-order valence-corrected chi connectivity index (χ1v) is 8.23. The van der Waals surface area contributed by atoms with E-state index in [1.54, 1.807) is 12.1 Å². The minimum Gasteiger partial charge on any atom is -0.321 e. The highest BCUT2D eigenvalue weighted by molar-refractivity contribution is 6.14. The minimum absolute atomic E-state index is 0.615. The van der Waals surface area contributed by atoms with Gasteiger partial charge in [0.1, 0.15) is 5.84 Å². The predicted molar refractivity (Wildman–Crippen MR) is 101 cm³/mol. The molecule has 26 heavy (non-hydrogen) atoms. The van der Waals surface area contributed by atoms with E-state index in [2.05, 4.69) is 29.2 Å². The Morgan fingerprint density at radius 2 is 1.38 bits per heavy atom. The van der Waals surface area contributed by atoms with Crippen molar-refractivity contribution in [2.75, 3.05) is 4.90 Å². The van der Waals surface area contributed by atoms with Gasteiger partial charge in [0, 0.05) is 11.3 Å². The predicted octanol–water partition coefficient (Wildman–Crippen LogP) is 4.53. The second-order valence-electron chi connectivity index (χ2n) is 6.00. The highest BCUT2D eigenvalue weighted by Gasteiger charge is 2.26. The van der Waals surface area contributed by atoms with Gasteiger partial charge in [0.05, 0.1) is 35.5 Å². The third kappa shape index (κ3) is 2.81. The van der Waals surface area contributed by atoms with Crippen molar-refractivity contribution in [2.24, 2.45) is 4.99 Å². The Balaban J connectivity index is 1.79. The van der Waals surface area contributed by atoms with Gasteiger partial charge in [0.25, 0.3) is 0 Å². The largest absolute Gasteiger partial charge is 0.321 e. The zero-order chi connectivity index (χ0) is 17.9. The van der Waals surface area contributed by atoms with Gasteiger partial charge in [0.2, 0.25) is 0 Å². The number of benzene rings is 3. The van der Waals surface area contributed by atoms with Gasteiger partial charge < -0.3 is 4.90 Å². The number of nitrogens with zero attached hydrogens (tertiary/aromatic N) is 4. The Morgan fingerprint density at radius 3 is 2.04 bits per heavy atom. The van der Waals surface area contributed by atoms with Crippen LogP contribution in [0.15, 0.2) is 77.8 Å². The first-order chi connectivity index (χ1) is 12.8. The molecule has 0 fully saturated rings. The molecule has 0 saturated heterocycles. The summed E-state index contributed by atoms with van der Waals surface area (Å²) in [5, 5.41) is 18.0. The summed E-state index contributed by atoms with van der Waals surface area (Å²) >= 11 is 0. The van der Waals surface area contributed by atoms with E-state index in [0.717, 1.165) is 29.3 Å². The van der Waals surface area contributed by atoms with Crippen LogP contribution in [0.3, 0.4) is 0 Å². The van der Waals surface area contributed by atoms with Crippen LogP contribution in [0.5, 0.6) is 0 Å². The van der Waals surface area contributed by atoms with Crippen LogP contribution in [0, 0.1) is 22.7 Å². The Labute approximate surface area is 151 Å². The monoisotopic (exact) mass is 334 g/mol. The average molecular weight is 334 g/mol. The summed E-state index contributed by atoms with van der Waals surface area (Å²) in [6.45, 7) is 0.733. The molecule has 4 heteroatoms. The second kappa shape index (κ2) is 6.55. The van der Waals surface area contributed by atoms with Crippen molar-refractivity contribution >= 4 is 17.2 Å². The first-order valence-electron chi connectivity index (χ1n) is 8.23. The molecule has 1 heterocycles. The standard InChI is InChI=1S/C22H14N4/c23-13-16-5-9-19(10-6-16)25-22-21-4-2-1-3-18(21)15-26(22)20-11-7-17(14-24)8-12-20/h1-12H,15H2. The fraction of sp³-hybridized carbons (Fsp3) is 0.0455. The highest BCUT2D eigenvalue weighted by atomic mass is 15.2. The summed E-state index contributed by atoms with van der Waals surface area (Å²) < 4.78 is 0. The van der Waals surface area contributed by atoms with Crippen molar-refractivity contribution < 1.29 is 0 Å².